The van der Waals surface area contributed by atoms with Crippen LogP contribution >= 0.6 is 0 Å². The van der Waals surface area contributed by atoms with E-state index in [0.717, 1.165) is 12.7 Å². The molecule has 4 heterocycles. The summed E-state index contributed by atoms with van der Waals surface area (Å²) in [5.41, 5.74) is 0.858. The van der Waals surface area contributed by atoms with Crippen LogP contribution in [0.3, 0.4) is 0 Å². The Balaban J connectivity index is 1.40. The van der Waals surface area contributed by atoms with Crippen molar-refractivity contribution in [2.45, 2.75) is 58.7 Å². The third-order valence-electron chi connectivity index (χ3n) is 7.75. The van der Waals surface area contributed by atoms with E-state index in [1.165, 1.54) is 24.4 Å². The van der Waals surface area contributed by atoms with Gasteiger partial charge in [-0.15, -0.1) is 0 Å². The van der Waals surface area contributed by atoms with Gasteiger partial charge in [0.2, 0.25) is 5.95 Å². The summed E-state index contributed by atoms with van der Waals surface area (Å²) in [5, 5.41) is 2.83. The molecule has 0 bridgehead atoms. The zero-order chi connectivity index (χ0) is 29.5. The zero-order valence-corrected chi connectivity index (χ0v) is 23.3. The SMILES string of the molecule is CCN1CCC([C@@H](c2ccc(Nc3ncc(F)c(-c4cc(F)c5nc(C)n(C(C)C)c5c4)n3)nc2)C(F)(F)F)CC1. The van der Waals surface area contributed by atoms with E-state index in [0.29, 0.717) is 37.3 Å². The highest BCUT2D eigenvalue weighted by atomic mass is 19.4. The molecule has 0 unspecified atom stereocenters. The highest BCUT2D eigenvalue weighted by Crippen LogP contribution is 2.44. The number of anilines is 2. The van der Waals surface area contributed by atoms with Gasteiger partial charge in [-0.1, -0.05) is 13.0 Å². The number of nitrogens with zero attached hydrogens (tertiary/aromatic N) is 6. The molecular formula is C29H32F5N7. The van der Waals surface area contributed by atoms with Crippen LogP contribution in [0.4, 0.5) is 33.7 Å². The standard InChI is InChI=1S/C29H32F5N7/c1-5-40-10-8-18(9-11-40)25(29(32,33)34)19-6-7-24(35-14-19)38-28-36-15-22(31)26(39-28)20-12-21(30)27-23(13-20)41(16(2)3)17(4)37-27/h6-7,12-16,18,25H,5,8-11H2,1-4H3,(H,35,36,38,39)/t25-/m0/s1. The number of nitrogens with one attached hydrogen (secondary N) is 1. The molecule has 41 heavy (non-hydrogen) atoms. The molecular weight excluding hydrogens is 541 g/mol. The number of piperidine rings is 1. The highest BCUT2D eigenvalue weighted by Gasteiger charge is 2.46. The summed E-state index contributed by atoms with van der Waals surface area (Å²) in [5.74, 6) is -2.70. The van der Waals surface area contributed by atoms with Crippen molar-refractivity contribution in [1.29, 1.82) is 0 Å². The summed E-state index contributed by atoms with van der Waals surface area (Å²) >= 11 is 0. The van der Waals surface area contributed by atoms with Gasteiger partial charge in [0.25, 0.3) is 0 Å². The van der Waals surface area contributed by atoms with Crippen LogP contribution in [0.15, 0.2) is 36.7 Å². The maximum absolute atomic E-state index is 15.0. The van der Waals surface area contributed by atoms with Gasteiger partial charge in [0.15, 0.2) is 11.6 Å². The summed E-state index contributed by atoms with van der Waals surface area (Å²) in [4.78, 5) is 18.8. The normalized spacial score (nSPS) is 16.0. The molecule has 1 N–H and O–H groups in total. The molecule has 218 valence electrons. The summed E-state index contributed by atoms with van der Waals surface area (Å²) in [6.07, 6.45) is -1.29. The van der Waals surface area contributed by atoms with Gasteiger partial charge in [-0.25, -0.2) is 28.7 Å². The van der Waals surface area contributed by atoms with E-state index in [4.69, 9.17) is 0 Å². The van der Waals surface area contributed by atoms with Crippen molar-refractivity contribution in [3.8, 4) is 11.3 Å². The Kier molecular flexibility index (Phi) is 7.95. The quantitative estimate of drug-likeness (QED) is 0.236. The molecule has 1 atom stereocenters. The molecule has 3 aromatic heterocycles. The molecule has 0 radical (unpaired) electrons. The van der Waals surface area contributed by atoms with Crippen molar-refractivity contribution >= 4 is 22.8 Å². The predicted molar refractivity (Wildman–Crippen MR) is 147 cm³/mol. The van der Waals surface area contributed by atoms with Crippen molar-refractivity contribution in [3.05, 3.63) is 59.7 Å². The van der Waals surface area contributed by atoms with Gasteiger partial charge in [0, 0.05) is 17.8 Å². The lowest BCUT2D eigenvalue weighted by Crippen LogP contribution is -2.39. The maximum atomic E-state index is 15.0. The van der Waals surface area contributed by atoms with Gasteiger partial charge in [-0.2, -0.15) is 13.2 Å². The average Bonchev–Trinajstić information content (AvgIpc) is 3.27. The number of alkyl halides is 3. The fraction of sp³-hybridized carbons (Fsp3) is 0.448. The van der Waals surface area contributed by atoms with E-state index in [9.17, 15) is 22.0 Å². The Morgan fingerprint density at radius 2 is 1.73 bits per heavy atom. The first-order valence-electron chi connectivity index (χ1n) is 13.7. The van der Waals surface area contributed by atoms with Crippen molar-refractivity contribution in [1.82, 2.24) is 29.4 Å². The largest absolute Gasteiger partial charge is 0.396 e. The number of likely N-dealkylation sites (tertiary alicyclic amines) is 1. The van der Waals surface area contributed by atoms with Crippen molar-refractivity contribution in [2.24, 2.45) is 5.92 Å². The fourth-order valence-electron chi connectivity index (χ4n) is 5.80. The first-order valence-corrected chi connectivity index (χ1v) is 13.7. The number of halogens is 5. The van der Waals surface area contributed by atoms with E-state index in [1.54, 1.807) is 13.0 Å². The number of aromatic nitrogens is 5. The third-order valence-corrected chi connectivity index (χ3v) is 7.75. The van der Waals surface area contributed by atoms with Crippen LogP contribution < -0.4 is 5.32 Å². The Hall–Kier alpha value is -3.67. The summed E-state index contributed by atoms with van der Waals surface area (Å²) in [6, 6.07) is 5.63. The molecule has 1 aliphatic rings. The van der Waals surface area contributed by atoms with E-state index < -0.39 is 29.6 Å². The number of benzene rings is 1. The summed E-state index contributed by atoms with van der Waals surface area (Å²) in [6.45, 7) is 9.77. The summed E-state index contributed by atoms with van der Waals surface area (Å²) in [7, 11) is 0. The van der Waals surface area contributed by atoms with Crippen molar-refractivity contribution in [2.75, 3.05) is 25.0 Å². The minimum absolute atomic E-state index is 0.00254. The molecule has 0 spiro atoms. The van der Waals surface area contributed by atoms with Gasteiger partial charge in [-0.3, -0.25) is 0 Å². The molecule has 12 heteroatoms. The lowest BCUT2D eigenvalue weighted by Gasteiger charge is -2.36. The van der Waals surface area contributed by atoms with Gasteiger partial charge in [0.1, 0.15) is 22.9 Å². The molecule has 0 aliphatic carbocycles. The van der Waals surface area contributed by atoms with Crippen molar-refractivity contribution in [3.63, 3.8) is 0 Å². The van der Waals surface area contributed by atoms with E-state index in [2.05, 4.69) is 30.2 Å². The number of rotatable bonds is 7. The second kappa shape index (κ2) is 11.3. The Bertz CT molecular complexity index is 1520. The topological polar surface area (TPSA) is 71.8 Å². The monoisotopic (exact) mass is 573 g/mol. The fourth-order valence-corrected chi connectivity index (χ4v) is 5.80. The maximum Gasteiger partial charge on any atom is 0.396 e. The number of imidazole rings is 1. The molecule has 5 rings (SSSR count). The van der Waals surface area contributed by atoms with Crippen LogP contribution in [-0.2, 0) is 0 Å². The first-order chi connectivity index (χ1) is 19.5. The van der Waals surface area contributed by atoms with Crippen LogP contribution in [-0.4, -0.2) is 55.2 Å². The summed E-state index contributed by atoms with van der Waals surface area (Å²) < 4.78 is 74.0. The number of hydrogen-bond acceptors (Lipinski definition) is 6. The number of aryl methyl sites for hydroxylation is 1. The number of pyridine rings is 1. The highest BCUT2D eigenvalue weighted by molar-refractivity contribution is 5.83. The number of hydrogen-bond donors (Lipinski definition) is 1. The molecule has 1 saturated heterocycles. The van der Waals surface area contributed by atoms with Crippen LogP contribution in [0.1, 0.15) is 57.0 Å². The van der Waals surface area contributed by atoms with Gasteiger partial charge >= 0.3 is 6.18 Å². The Morgan fingerprint density at radius 1 is 1.00 bits per heavy atom. The lowest BCUT2D eigenvalue weighted by atomic mass is 9.80. The molecule has 1 aromatic carbocycles. The second-order valence-corrected chi connectivity index (χ2v) is 10.7. The third kappa shape index (κ3) is 5.88. The minimum atomic E-state index is -4.40. The van der Waals surface area contributed by atoms with E-state index in [1.807, 2.05) is 25.3 Å². The molecule has 0 saturated carbocycles. The zero-order valence-electron chi connectivity index (χ0n) is 23.3. The molecule has 0 amide bonds. The van der Waals surface area contributed by atoms with E-state index in [-0.39, 0.29) is 40.1 Å². The van der Waals surface area contributed by atoms with Crippen molar-refractivity contribution < 1.29 is 22.0 Å². The Labute approximate surface area is 234 Å². The Morgan fingerprint density at radius 3 is 2.34 bits per heavy atom. The lowest BCUT2D eigenvalue weighted by molar-refractivity contribution is -0.165. The van der Waals surface area contributed by atoms with Crippen LogP contribution in [0.25, 0.3) is 22.3 Å². The van der Waals surface area contributed by atoms with Crippen LogP contribution in [0.2, 0.25) is 0 Å². The smallest absolute Gasteiger partial charge is 0.326 e. The predicted octanol–water partition coefficient (Wildman–Crippen LogP) is 7.18. The van der Waals surface area contributed by atoms with E-state index >= 15 is 0 Å². The minimum Gasteiger partial charge on any atom is -0.326 e. The molecule has 7 nitrogen and oxygen atoms in total. The van der Waals surface area contributed by atoms with Gasteiger partial charge in [0.05, 0.1) is 17.6 Å². The van der Waals surface area contributed by atoms with Crippen LogP contribution in [0.5, 0.6) is 0 Å². The van der Waals surface area contributed by atoms with Gasteiger partial charge < -0.3 is 14.8 Å². The molecule has 1 fully saturated rings. The molecule has 1 aliphatic heterocycles. The number of fused-ring (bicyclic) bond motifs is 1. The van der Waals surface area contributed by atoms with Crippen LogP contribution in [0, 0.1) is 24.5 Å². The van der Waals surface area contributed by atoms with Gasteiger partial charge in [-0.05, 0) is 82.9 Å². The second-order valence-electron chi connectivity index (χ2n) is 10.7. The first kappa shape index (κ1) is 28.8. The average molecular weight is 574 g/mol. The molecule has 4 aromatic rings.